The number of pyridine rings is 1. The number of fused-ring (bicyclic) bond motifs is 1. The van der Waals surface area contributed by atoms with Crippen LogP contribution in [0.5, 0.6) is 0 Å². The summed E-state index contributed by atoms with van der Waals surface area (Å²) in [7, 11) is 1.35. The normalized spacial score (nSPS) is 12.9. The molecule has 0 aliphatic heterocycles. The van der Waals surface area contributed by atoms with Crippen LogP contribution < -0.4 is 0 Å². The third-order valence-electron chi connectivity index (χ3n) is 5.84. The summed E-state index contributed by atoms with van der Waals surface area (Å²) in [6.07, 6.45) is 3.79. The van der Waals surface area contributed by atoms with Gasteiger partial charge >= 0.3 is 11.9 Å². The van der Waals surface area contributed by atoms with Gasteiger partial charge in [0.15, 0.2) is 0 Å². The number of aromatic nitrogens is 1. The molecular formula is C30H25BrClNO4. The van der Waals surface area contributed by atoms with Crippen LogP contribution in [0.3, 0.4) is 0 Å². The van der Waals surface area contributed by atoms with Crippen molar-refractivity contribution in [2.75, 3.05) is 7.11 Å². The van der Waals surface area contributed by atoms with E-state index < -0.39 is 12.1 Å². The number of nitrogens with zero attached hydrogens (tertiary/aromatic N) is 1. The molecule has 1 heterocycles. The van der Waals surface area contributed by atoms with Crippen molar-refractivity contribution in [2.24, 2.45) is 0 Å². The minimum Gasteiger partial charge on any atom is -0.465 e. The Kier molecular flexibility index (Phi) is 8.74. The fraction of sp³-hybridized carbons (Fsp3) is 0.167. The molecule has 0 amide bonds. The van der Waals surface area contributed by atoms with Crippen LogP contribution in [0, 0.1) is 0 Å². The van der Waals surface area contributed by atoms with E-state index in [2.05, 4.69) is 20.9 Å². The average Bonchev–Trinajstić information content (AvgIpc) is 2.90. The second kappa shape index (κ2) is 12.2. The first kappa shape index (κ1) is 26.6. The van der Waals surface area contributed by atoms with Gasteiger partial charge in [0.2, 0.25) is 0 Å². The molecule has 0 aliphatic rings. The maximum absolute atomic E-state index is 12.2. The van der Waals surface area contributed by atoms with E-state index in [1.807, 2.05) is 78.9 Å². The highest BCUT2D eigenvalue weighted by Crippen LogP contribution is 2.37. The van der Waals surface area contributed by atoms with Gasteiger partial charge in [-0.2, -0.15) is 0 Å². The molecule has 7 heteroatoms. The lowest BCUT2D eigenvalue weighted by Crippen LogP contribution is -2.13. The quantitative estimate of drug-likeness (QED) is 0.157. The lowest BCUT2D eigenvalue weighted by Gasteiger charge is -2.22. The van der Waals surface area contributed by atoms with Crippen molar-refractivity contribution in [1.29, 1.82) is 0 Å². The summed E-state index contributed by atoms with van der Waals surface area (Å²) in [6.45, 7) is 1.39. The minimum atomic E-state index is -0.526. The maximum atomic E-state index is 12.2. The van der Waals surface area contributed by atoms with Crippen LogP contribution in [0.1, 0.15) is 57.0 Å². The number of hydrogen-bond acceptors (Lipinski definition) is 5. The fourth-order valence-electron chi connectivity index (χ4n) is 4.08. The topological polar surface area (TPSA) is 65.5 Å². The molecule has 2 atom stereocenters. The van der Waals surface area contributed by atoms with Gasteiger partial charge < -0.3 is 9.47 Å². The average molecular weight is 579 g/mol. The molecule has 2 unspecified atom stereocenters. The highest BCUT2D eigenvalue weighted by Gasteiger charge is 2.24. The Morgan fingerprint density at radius 3 is 2.57 bits per heavy atom. The molecule has 1 aromatic heterocycles. The Labute approximate surface area is 229 Å². The lowest BCUT2D eigenvalue weighted by molar-refractivity contribution is -0.147. The van der Waals surface area contributed by atoms with Crippen LogP contribution in [-0.4, -0.2) is 24.0 Å². The van der Waals surface area contributed by atoms with E-state index in [0.717, 1.165) is 33.3 Å². The minimum absolute atomic E-state index is 0.250. The van der Waals surface area contributed by atoms with Gasteiger partial charge in [-0.3, -0.25) is 4.79 Å². The highest BCUT2D eigenvalue weighted by atomic mass is 79.9. The number of carbonyl (C=O) groups excluding carboxylic acids is 2. The van der Waals surface area contributed by atoms with E-state index in [0.29, 0.717) is 17.0 Å². The monoisotopic (exact) mass is 577 g/mol. The molecule has 4 aromatic rings. The predicted octanol–water partition coefficient (Wildman–Crippen LogP) is 7.98. The fourth-order valence-corrected chi connectivity index (χ4v) is 4.98. The van der Waals surface area contributed by atoms with Gasteiger partial charge in [0.1, 0.15) is 6.10 Å². The number of ether oxygens (including phenoxy) is 2. The zero-order valence-electron chi connectivity index (χ0n) is 20.4. The summed E-state index contributed by atoms with van der Waals surface area (Å²) in [4.78, 5) is 28.6. The van der Waals surface area contributed by atoms with Crippen LogP contribution in [0.2, 0.25) is 5.02 Å². The first-order valence-electron chi connectivity index (χ1n) is 11.7. The summed E-state index contributed by atoms with van der Waals surface area (Å²) < 4.78 is 10.6. The number of esters is 2. The SMILES string of the molecule is COC(=O)c1ccccc1C(Br)CC(OC(C)=O)c1cccc(/C=C/c2ccc3ccc(Cl)cc3n2)c1. The first-order valence-corrected chi connectivity index (χ1v) is 13.0. The van der Waals surface area contributed by atoms with Gasteiger partial charge in [0, 0.05) is 28.6 Å². The Morgan fingerprint density at radius 2 is 1.78 bits per heavy atom. The Hall–Kier alpha value is -3.48. The third-order valence-corrected chi connectivity index (χ3v) is 6.94. The van der Waals surface area contributed by atoms with E-state index in [1.165, 1.54) is 14.0 Å². The van der Waals surface area contributed by atoms with E-state index >= 15 is 0 Å². The van der Waals surface area contributed by atoms with Crippen molar-refractivity contribution >= 4 is 62.5 Å². The maximum Gasteiger partial charge on any atom is 0.338 e. The van der Waals surface area contributed by atoms with Crippen LogP contribution in [-0.2, 0) is 14.3 Å². The van der Waals surface area contributed by atoms with E-state index in [-0.39, 0.29) is 10.8 Å². The van der Waals surface area contributed by atoms with Gasteiger partial charge in [0.05, 0.1) is 23.9 Å². The lowest BCUT2D eigenvalue weighted by atomic mass is 9.96. The molecule has 0 radical (unpaired) electrons. The van der Waals surface area contributed by atoms with Crippen molar-refractivity contribution < 1.29 is 19.1 Å². The largest absolute Gasteiger partial charge is 0.465 e. The molecule has 188 valence electrons. The van der Waals surface area contributed by atoms with Crippen molar-refractivity contribution in [3.8, 4) is 0 Å². The van der Waals surface area contributed by atoms with E-state index in [9.17, 15) is 9.59 Å². The summed E-state index contributed by atoms with van der Waals surface area (Å²) in [5.41, 5.74) is 4.64. The van der Waals surface area contributed by atoms with Crippen LogP contribution in [0.4, 0.5) is 0 Å². The molecule has 0 saturated carbocycles. The zero-order chi connectivity index (χ0) is 26.4. The number of hydrogen-bond donors (Lipinski definition) is 0. The predicted molar refractivity (Wildman–Crippen MR) is 151 cm³/mol. The number of alkyl halides is 1. The van der Waals surface area contributed by atoms with Crippen molar-refractivity contribution in [1.82, 2.24) is 4.98 Å². The summed E-state index contributed by atoms with van der Waals surface area (Å²) >= 11 is 9.81. The molecule has 0 aliphatic carbocycles. The zero-order valence-corrected chi connectivity index (χ0v) is 22.7. The molecule has 3 aromatic carbocycles. The Bertz CT molecular complexity index is 1470. The molecule has 0 fully saturated rings. The highest BCUT2D eigenvalue weighted by molar-refractivity contribution is 9.09. The van der Waals surface area contributed by atoms with Crippen LogP contribution in [0.15, 0.2) is 78.9 Å². The molecule has 0 spiro atoms. The molecule has 0 bridgehead atoms. The summed E-state index contributed by atoms with van der Waals surface area (Å²) in [6, 6.07) is 24.6. The van der Waals surface area contributed by atoms with Crippen LogP contribution in [0.25, 0.3) is 23.1 Å². The van der Waals surface area contributed by atoms with Gasteiger partial charge in [-0.1, -0.05) is 82.1 Å². The smallest absolute Gasteiger partial charge is 0.338 e. The first-order chi connectivity index (χ1) is 17.8. The number of carbonyl (C=O) groups is 2. The second-order valence-electron chi connectivity index (χ2n) is 8.46. The molecular weight excluding hydrogens is 554 g/mol. The number of methoxy groups -OCH3 is 1. The number of benzene rings is 3. The summed E-state index contributed by atoms with van der Waals surface area (Å²) in [5, 5.41) is 1.66. The third kappa shape index (κ3) is 6.85. The van der Waals surface area contributed by atoms with Crippen molar-refractivity contribution in [3.63, 3.8) is 0 Å². The Morgan fingerprint density at radius 1 is 1.00 bits per heavy atom. The molecule has 0 N–H and O–H groups in total. The summed E-state index contributed by atoms with van der Waals surface area (Å²) in [5.74, 6) is -0.799. The van der Waals surface area contributed by atoms with Gasteiger partial charge in [0.25, 0.3) is 0 Å². The van der Waals surface area contributed by atoms with Gasteiger partial charge in [-0.15, -0.1) is 0 Å². The molecule has 0 saturated heterocycles. The molecule has 37 heavy (non-hydrogen) atoms. The Balaban J connectivity index is 1.58. The van der Waals surface area contributed by atoms with E-state index in [1.54, 1.807) is 12.1 Å². The van der Waals surface area contributed by atoms with Crippen molar-refractivity contribution in [2.45, 2.75) is 24.3 Å². The number of rotatable bonds is 8. The van der Waals surface area contributed by atoms with Crippen LogP contribution >= 0.6 is 27.5 Å². The standard InChI is InChI=1S/C30H25BrClNO4/c1-19(34)37-29(18-27(31)25-8-3-4-9-26(25)30(35)36-2)22-7-5-6-20(16-22)10-14-24-15-12-21-11-13-23(32)17-28(21)33-24/h3-17,27,29H,18H2,1-2H3/b14-10+. The van der Waals surface area contributed by atoms with Crippen molar-refractivity contribution in [3.05, 3.63) is 112 Å². The number of halogens is 2. The van der Waals surface area contributed by atoms with Gasteiger partial charge in [-0.25, -0.2) is 9.78 Å². The van der Waals surface area contributed by atoms with E-state index in [4.69, 9.17) is 21.1 Å². The second-order valence-corrected chi connectivity index (χ2v) is 10.00. The molecule has 5 nitrogen and oxygen atoms in total. The molecule has 4 rings (SSSR count). The van der Waals surface area contributed by atoms with Gasteiger partial charge in [-0.05, 0) is 53.1 Å².